The van der Waals surface area contributed by atoms with Crippen LogP contribution in [0.15, 0.2) is 95.2 Å². The molecule has 25 heteroatoms. The molecule has 0 aromatic rings. The van der Waals surface area contributed by atoms with Crippen molar-refractivity contribution in [2.45, 2.75) is 315 Å². The van der Waals surface area contributed by atoms with Gasteiger partial charge in [0, 0.05) is 87.3 Å². The van der Waals surface area contributed by atoms with Crippen LogP contribution in [0.1, 0.15) is 233 Å². The van der Waals surface area contributed by atoms with E-state index in [0.29, 0.717) is 75.4 Å². The first kappa shape index (κ1) is 93.3. The van der Waals surface area contributed by atoms with Crippen LogP contribution >= 0.6 is 11.6 Å². The Bertz CT molecular complexity index is 4640. The second-order valence-corrected chi connectivity index (χ2v) is 43.3. The smallest absolute Gasteiger partial charge is 0.306 e. The van der Waals surface area contributed by atoms with Gasteiger partial charge in [-0.15, -0.1) is 11.6 Å². The second kappa shape index (κ2) is 31.2. The third kappa shape index (κ3) is 13.1. The molecule has 1 heterocycles. The average Bonchev–Trinajstić information content (AvgIpc) is 1.54. The van der Waals surface area contributed by atoms with Crippen LogP contribution in [0.3, 0.4) is 0 Å². The molecule has 0 spiro atoms. The van der Waals surface area contributed by atoms with Crippen LogP contribution in [-0.2, 0) is 62.1 Å². The summed E-state index contributed by atoms with van der Waals surface area (Å²) in [7, 11) is 0. The molecule has 12 saturated carbocycles. The van der Waals surface area contributed by atoms with Crippen LogP contribution in [-0.4, -0.2) is 185 Å². The number of ether oxygens (including phenoxy) is 4. The number of unbranched alkanes of at least 4 members (excludes halogenated alkanes) is 1. The van der Waals surface area contributed by atoms with Crippen molar-refractivity contribution in [3.05, 3.63) is 95.2 Å². The van der Waals surface area contributed by atoms with Crippen molar-refractivity contribution >= 4 is 64.0 Å². The van der Waals surface area contributed by atoms with Crippen LogP contribution in [0.2, 0.25) is 0 Å². The number of allylic oxidation sites excluding steroid dienone is 13. The summed E-state index contributed by atoms with van der Waals surface area (Å²) in [6.45, 7) is 32.3. The molecule has 6 N–H and O–H groups in total. The Hall–Kier alpha value is -5.83. The van der Waals surface area contributed by atoms with Gasteiger partial charge in [0.05, 0.1) is 42.0 Å². The molecule has 13 fully saturated rings. The first-order chi connectivity index (χ1) is 57.0. The number of carbonyl (C=O) groups is 9. The summed E-state index contributed by atoms with van der Waals surface area (Å²) in [5.41, 5.74) is -14.3. The number of aliphatic hydroxyl groups is 6. The second-order valence-electron chi connectivity index (χ2n) is 43.0. The third-order valence-corrected chi connectivity index (χ3v) is 37.0. The predicted octanol–water partition coefficient (Wildman–Crippen LogP) is 14.6. The Morgan fingerprint density at radius 3 is 1.79 bits per heavy atom. The highest BCUT2D eigenvalue weighted by Crippen LogP contribution is 2.77. The van der Waals surface area contributed by atoms with E-state index in [9.17, 15) is 73.8 Å². The third-order valence-electron chi connectivity index (χ3n) is 36.7. The fourth-order valence-corrected chi connectivity index (χ4v) is 31.2. The first-order valence-electron chi connectivity index (χ1n) is 45.1. The molecule has 34 atom stereocenters. The van der Waals surface area contributed by atoms with E-state index in [0.717, 1.165) is 24.0 Å². The number of fused-ring (bicyclic) bond motifs is 22. The van der Waals surface area contributed by atoms with Gasteiger partial charge < -0.3 is 49.6 Å². The quantitative estimate of drug-likeness (QED) is 0.0458. The van der Waals surface area contributed by atoms with Gasteiger partial charge in [-0.05, 0) is 249 Å². The van der Waals surface area contributed by atoms with Crippen molar-refractivity contribution in [2.24, 2.45) is 120 Å². The minimum absolute atomic E-state index is 0.0283. The zero-order valence-corrected chi connectivity index (χ0v) is 75.1. The predicted molar refractivity (Wildman–Crippen MR) is 447 cm³/mol. The maximum absolute atomic E-state index is 17.2. The molecule has 1 aliphatic heterocycles. The number of Topliss-reactive ketones (excluding diaryl/α,β-unsaturated/α-hetero) is 3. The van der Waals surface area contributed by atoms with Crippen LogP contribution in [0.4, 0.5) is 22.0 Å². The number of aliphatic hydroxyl groups excluding tert-OH is 4. The fraction of sp³-hybridized carbons (Fsp3) is 0.745. The van der Waals surface area contributed by atoms with E-state index in [1.807, 2.05) is 69.2 Å². The van der Waals surface area contributed by atoms with E-state index in [1.54, 1.807) is 58.9 Å². The Balaban J connectivity index is 0.000000134. The Kier molecular flexibility index (Phi) is 23.7. The number of hydrogen-bond acceptors (Lipinski definition) is 19. The highest BCUT2D eigenvalue weighted by molar-refractivity contribution is 6.29. The lowest BCUT2D eigenvalue weighted by Crippen LogP contribution is -2.70. The summed E-state index contributed by atoms with van der Waals surface area (Å²) in [6.07, 6.45) is 14.2. The molecule has 678 valence electrons. The molecule has 0 radical (unpaired) electrons. The zero-order chi connectivity index (χ0) is 90.6. The molecule has 19 nitrogen and oxygen atoms in total. The lowest BCUT2D eigenvalue weighted by atomic mass is 9.43. The van der Waals surface area contributed by atoms with Crippen molar-refractivity contribution < 1.29 is 115 Å². The molecule has 17 aliphatic rings. The van der Waals surface area contributed by atoms with Gasteiger partial charge in [-0.25, -0.2) is 22.0 Å². The van der Waals surface area contributed by atoms with Gasteiger partial charge in [-0.2, -0.15) is 0 Å². The molecular formula is C98H130ClF5O19. The molecule has 0 aromatic carbocycles. The van der Waals surface area contributed by atoms with Gasteiger partial charge in [0.15, 0.2) is 64.0 Å². The topological polar surface area (TPSA) is 312 Å². The van der Waals surface area contributed by atoms with Crippen molar-refractivity contribution in [1.29, 1.82) is 0 Å². The van der Waals surface area contributed by atoms with Gasteiger partial charge in [0.25, 0.3) is 0 Å². The van der Waals surface area contributed by atoms with E-state index in [2.05, 4.69) is 6.58 Å². The highest BCUT2D eigenvalue weighted by Gasteiger charge is 2.82. The van der Waals surface area contributed by atoms with Crippen LogP contribution in [0.5, 0.6) is 0 Å². The first-order valence-corrected chi connectivity index (χ1v) is 45.7. The molecule has 0 bridgehead atoms. The number of alkyl halides is 6. The highest BCUT2D eigenvalue weighted by atomic mass is 35.5. The summed E-state index contributed by atoms with van der Waals surface area (Å²) in [4.78, 5) is 111. The molecule has 34 unspecified atom stereocenters. The number of ketones is 7. The summed E-state index contributed by atoms with van der Waals surface area (Å²) < 4.78 is 105. The summed E-state index contributed by atoms with van der Waals surface area (Å²) in [5.74, 6) is -7.82. The molecule has 0 amide bonds. The average molecular weight is 1740 g/mol. The maximum Gasteiger partial charge on any atom is 0.306 e. The molecule has 1 saturated heterocycles. The number of carbonyl (C=O) groups excluding carboxylic acids is 9. The van der Waals surface area contributed by atoms with E-state index < -0.39 is 174 Å². The monoisotopic (exact) mass is 1740 g/mol. The largest absolute Gasteiger partial charge is 0.458 e. The minimum atomic E-state index is -2.15. The Labute approximate surface area is 724 Å². The van der Waals surface area contributed by atoms with Crippen molar-refractivity contribution in [1.82, 2.24) is 0 Å². The Morgan fingerprint density at radius 1 is 0.593 bits per heavy atom. The minimum Gasteiger partial charge on any atom is -0.458 e. The zero-order valence-electron chi connectivity index (χ0n) is 74.3. The number of hydrogen-bond donors (Lipinski definition) is 6. The van der Waals surface area contributed by atoms with Gasteiger partial charge in [0.2, 0.25) is 5.78 Å². The van der Waals surface area contributed by atoms with E-state index in [4.69, 9.17) is 30.5 Å². The van der Waals surface area contributed by atoms with Crippen LogP contribution in [0.25, 0.3) is 0 Å². The number of rotatable bonds is 12. The Morgan fingerprint density at radius 2 is 1.17 bits per heavy atom. The van der Waals surface area contributed by atoms with Crippen molar-refractivity contribution in [2.75, 3.05) is 19.1 Å². The number of esters is 2. The van der Waals surface area contributed by atoms with E-state index in [-0.39, 0.29) is 151 Å². The van der Waals surface area contributed by atoms with Crippen molar-refractivity contribution in [3.63, 3.8) is 0 Å². The normalized spacial score (nSPS) is 49.8. The molecule has 17 rings (SSSR count). The summed E-state index contributed by atoms with van der Waals surface area (Å²) in [5, 5.41) is 68.3. The fourth-order valence-electron chi connectivity index (χ4n) is 31.0. The molecular weight excluding hydrogens is 1610 g/mol. The van der Waals surface area contributed by atoms with E-state index >= 15 is 22.0 Å². The van der Waals surface area contributed by atoms with Gasteiger partial charge in [0.1, 0.15) is 30.2 Å². The molecule has 16 aliphatic carbocycles. The van der Waals surface area contributed by atoms with Crippen molar-refractivity contribution in [3.8, 4) is 0 Å². The van der Waals surface area contributed by atoms with E-state index in [1.165, 1.54) is 43.4 Å². The van der Waals surface area contributed by atoms with Gasteiger partial charge in [-0.1, -0.05) is 112 Å². The standard InChI is InChI=1S/C27H36F2O5.C24H32ClFO5.C24H31FO6.C23H31FO3/c1-5-6-7-23(33)34-14-21(31)24-15(2)10-17-18-12-20(28)19-11-16(30)8-9-26(19,4)27(18,29)22(32)13-25(17,24)3;1-20(2)30-19-10-16-15-6-5-13-9-14(27)7-8-21(13,3)23(15,26)17(28)11-22(16,4)24(19,31-20)18(29)12-25;1-12-7-16-15-9-18(25)17-8-14(27)5-6-22(17,3)21(15)19(28)10-23(16,4)24(12,30)20(29)11-31-13(2)26;1-13(2)22(27)9-7-16-18-10-14(3)17-11-15(25)6-8-20(17,4)23(18,24)19(26)12-21(16,22)5/h8-9,11,15,17-18,20,22,24,32H,5-7,10,12-14H2,1-4H3;9,15-17,19,28H,5-8,10-12H2,1-4H3;5-6,8,12,15-16,18-19,21,28,30H,7,9-11H2,1-4H3;6,8,11,14,16,18-19,26-27H,1,7,9-10,12H2,2-5H3. The lowest BCUT2D eigenvalue weighted by molar-refractivity contribution is -0.250. The van der Waals surface area contributed by atoms with Crippen LogP contribution in [0, 0.1) is 120 Å². The van der Waals surface area contributed by atoms with Gasteiger partial charge in [-0.3, -0.25) is 43.2 Å². The summed E-state index contributed by atoms with van der Waals surface area (Å²) >= 11 is 6.05. The molecule has 123 heavy (non-hydrogen) atoms. The molecule has 0 aromatic heterocycles. The number of halogens is 6. The summed E-state index contributed by atoms with van der Waals surface area (Å²) in [6, 6.07) is 0. The maximum atomic E-state index is 17.2. The van der Waals surface area contributed by atoms with Crippen LogP contribution < -0.4 is 0 Å². The lowest BCUT2D eigenvalue weighted by Gasteiger charge is -2.64. The SMILES string of the molecule is C=C(C)C1(O)CCC2C3CC(C)C4=CC(=O)C=CC4(C)C3(F)C(O)CC21C.CC(=O)OCC(=O)C1(O)C(C)CC2C3CC(F)C4=CC(=O)C=CC4(C)C3C(O)CC21C.CC1(C)OC2CC3C4CCC5=CC(=O)CCC5(C)C4(F)C(O)CC3(C)C2(C(=O)CCl)O1.CCCCC(=O)OCC(=O)C1C(C)CC2C3CC(F)C4=CC(=O)C=CC4(C)C3(F)C(O)CC21C. The van der Waals surface area contributed by atoms with Gasteiger partial charge >= 0.3 is 11.9 Å².